The van der Waals surface area contributed by atoms with Crippen LogP contribution in [0.3, 0.4) is 0 Å². The number of ether oxygens (including phenoxy) is 2. The van der Waals surface area contributed by atoms with Gasteiger partial charge in [0.15, 0.2) is 0 Å². The number of hydrogen-bond donors (Lipinski definition) is 1. The van der Waals surface area contributed by atoms with Gasteiger partial charge in [-0.1, -0.05) is 35.4 Å². The predicted octanol–water partition coefficient (Wildman–Crippen LogP) is 3.43. The van der Waals surface area contributed by atoms with Crippen LogP contribution in [0, 0.1) is 0 Å². The van der Waals surface area contributed by atoms with Crippen LogP contribution in [-0.2, 0) is 0 Å². The van der Waals surface area contributed by atoms with Crippen molar-refractivity contribution in [2.75, 3.05) is 25.2 Å². The molecule has 0 atom stereocenters. The van der Waals surface area contributed by atoms with Crippen molar-refractivity contribution in [3.63, 3.8) is 0 Å². The lowest BCUT2D eigenvalue weighted by Gasteiger charge is -2.09. The van der Waals surface area contributed by atoms with Gasteiger partial charge < -0.3 is 14.8 Å². The molecule has 1 rings (SSSR count). The van der Waals surface area contributed by atoms with E-state index in [9.17, 15) is 4.79 Å². The van der Waals surface area contributed by atoms with Crippen molar-refractivity contribution >= 4 is 28.5 Å². The fourth-order valence-corrected chi connectivity index (χ4v) is 2.35. The average molecular weight is 391 g/mol. The molecule has 20 heavy (non-hydrogen) atoms. The Morgan fingerprint density at radius 3 is 2.20 bits per heavy atom. The molecule has 0 heterocycles. The molecule has 112 valence electrons. The first kappa shape index (κ1) is 17.1. The summed E-state index contributed by atoms with van der Waals surface area (Å²) in [5, 5.41) is 2.93. The van der Waals surface area contributed by atoms with Crippen LogP contribution in [0.5, 0.6) is 11.5 Å². The molecule has 1 aromatic rings. The summed E-state index contributed by atoms with van der Waals surface area (Å²) < 4.78 is 11.5. The molecule has 0 aliphatic rings. The molecule has 0 bridgehead atoms. The third-order valence-corrected chi connectivity index (χ3v) is 3.72. The van der Waals surface area contributed by atoms with Crippen LogP contribution in [0.4, 0.5) is 0 Å². The molecule has 4 nitrogen and oxygen atoms in total. The van der Waals surface area contributed by atoms with Gasteiger partial charge in [-0.3, -0.25) is 4.79 Å². The van der Waals surface area contributed by atoms with Crippen LogP contribution in [0.2, 0.25) is 0 Å². The van der Waals surface area contributed by atoms with E-state index < -0.39 is 0 Å². The minimum atomic E-state index is -0.0870. The zero-order valence-electron chi connectivity index (χ0n) is 12.1. The van der Waals surface area contributed by atoms with E-state index in [4.69, 9.17) is 9.47 Å². The second-order valence-corrected chi connectivity index (χ2v) is 5.54. The van der Waals surface area contributed by atoms with Crippen molar-refractivity contribution in [3.8, 4) is 11.5 Å². The van der Waals surface area contributed by atoms with Crippen LogP contribution in [0.15, 0.2) is 18.2 Å². The molecule has 1 amide bonds. The van der Waals surface area contributed by atoms with E-state index >= 15 is 0 Å². The maximum atomic E-state index is 12.0. The van der Waals surface area contributed by atoms with Crippen molar-refractivity contribution in [2.45, 2.75) is 25.7 Å². The lowest BCUT2D eigenvalue weighted by molar-refractivity contribution is 0.0952. The van der Waals surface area contributed by atoms with Gasteiger partial charge in [0.2, 0.25) is 0 Å². The van der Waals surface area contributed by atoms with Gasteiger partial charge in [0.25, 0.3) is 5.91 Å². The van der Waals surface area contributed by atoms with Gasteiger partial charge in [-0.05, 0) is 29.4 Å². The summed E-state index contributed by atoms with van der Waals surface area (Å²) in [6, 6.07) is 5.18. The normalized spacial score (nSPS) is 10.2. The van der Waals surface area contributed by atoms with Gasteiger partial charge in [-0.15, -0.1) is 0 Å². The maximum Gasteiger partial charge on any atom is 0.251 e. The highest BCUT2D eigenvalue weighted by Crippen LogP contribution is 2.22. The fourth-order valence-electron chi connectivity index (χ4n) is 1.82. The molecule has 0 aliphatic heterocycles. The Hall–Kier alpha value is -0.980. The number of amides is 1. The van der Waals surface area contributed by atoms with E-state index in [0.29, 0.717) is 23.6 Å². The summed E-state index contributed by atoms with van der Waals surface area (Å²) in [4.78, 5) is 12.0. The predicted molar refractivity (Wildman–Crippen MR) is 89.2 cm³/mol. The molecule has 0 aliphatic carbocycles. The molecule has 0 spiro atoms. The standard InChI is InChI=1S/C15H22INO3/c1-19-13-9-12(10-14(11-13)20-2)15(18)17-8-6-4-3-5-7-16/h9-11H,3-8H2,1-2H3,(H,17,18). The monoisotopic (exact) mass is 391 g/mol. The third-order valence-electron chi connectivity index (χ3n) is 2.96. The first-order valence-electron chi connectivity index (χ1n) is 6.78. The Bertz CT molecular complexity index is 401. The third kappa shape index (κ3) is 5.98. The minimum Gasteiger partial charge on any atom is -0.497 e. The molecule has 0 unspecified atom stereocenters. The number of carbonyl (C=O) groups is 1. The summed E-state index contributed by atoms with van der Waals surface area (Å²) in [5.41, 5.74) is 0.563. The molecule has 0 aromatic heterocycles. The molecular weight excluding hydrogens is 369 g/mol. The van der Waals surface area contributed by atoms with Crippen LogP contribution >= 0.6 is 22.6 Å². The molecule has 0 radical (unpaired) electrons. The molecule has 1 aromatic carbocycles. The summed E-state index contributed by atoms with van der Waals surface area (Å²) in [7, 11) is 3.15. The van der Waals surface area contributed by atoms with E-state index in [-0.39, 0.29) is 5.91 Å². The van der Waals surface area contributed by atoms with E-state index in [1.165, 1.54) is 17.3 Å². The lowest BCUT2D eigenvalue weighted by atomic mass is 10.1. The first-order chi connectivity index (χ1) is 9.71. The van der Waals surface area contributed by atoms with Gasteiger partial charge in [0, 0.05) is 18.2 Å². The van der Waals surface area contributed by atoms with Gasteiger partial charge in [0.05, 0.1) is 14.2 Å². The highest BCUT2D eigenvalue weighted by atomic mass is 127. The quantitative estimate of drug-likeness (QED) is 0.399. The van der Waals surface area contributed by atoms with Crippen LogP contribution in [0.25, 0.3) is 0 Å². The highest BCUT2D eigenvalue weighted by molar-refractivity contribution is 14.1. The fraction of sp³-hybridized carbons (Fsp3) is 0.533. The molecule has 0 saturated heterocycles. The lowest BCUT2D eigenvalue weighted by Crippen LogP contribution is -2.24. The zero-order valence-corrected chi connectivity index (χ0v) is 14.2. The van der Waals surface area contributed by atoms with Crippen molar-refractivity contribution in [2.24, 2.45) is 0 Å². The van der Waals surface area contributed by atoms with E-state index in [1.807, 2.05) is 0 Å². The Morgan fingerprint density at radius 2 is 1.65 bits per heavy atom. The highest BCUT2D eigenvalue weighted by Gasteiger charge is 2.09. The van der Waals surface area contributed by atoms with Crippen molar-refractivity contribution in [1.29, 1.82) is 0 Å². The molecule has 1 N–H and O–H groups in total. The molecular formula is C15H22INO3. The molecule has 0 saturated carbocycles. The van der Waals surface area contributed by atoms with Gasteiger partial charge in [-0.25, -0.2) is 0 Å². The van der Waals surface area contributed by atoms with Gasteiger partial charge in [-0.2, -0.15) is 0 Å². The number of carbonyl (C=O) groups excluding carboxylic acids is 1. The van der Waals surface area contributed by atoms with Gasteiger partial charge >= 0.3 is 0 Å². The molecule has 0 fully saturated rings. The van der Waals surface area contributed by atoms with Crippen molar-refractivity contribution < 1.29 is 14.3 Å². The van der Waals surface area contributed by atoms with E-state index in [0.717, 1.165) is 12.8 Å². The number of alkyl halides is 1. The summed E-state index contributed by atoms with van der Waals surface area (Å²) in [6.07, 6.45) is 4.65. The van der Waals surface area contributed by atoms with Crippen molar-refractivity contribution in [1.82, 2.24) is 5.32 Å². The second kappa shape index (κ2) is 9.85. The minimum absolute atomic E-state index is 0.0870. The van der Waals surface area contributed by atoms with E-state index in [2.05, 4.69) is 27.9 Å². The van der Waals surface area contributed by atoms with E-state index in [1.54, 1.807) is 32.4 Å². The Morgan fingerprint density at radius 1 is 1.05 bits per heavy atom. The Kier molecular flexibility index (Phi) is 8.41. The summed E-state index contributed by atoms with van der Waals surface area (Å²) >= 11 is 2.39. The largest absolute Gasteiger partial charge is 0.497 e. The second-order valence-electron chi connectivity index (χ2n) is 4.46. The Labute approximate surface area is 134 Å². The average Bonchev–Trinajstić information content (AvgIpc) is 2.49. The SMILES string of the molecule is COc1cc(OC)cc(C(=O)NCCCCCCI)c1. The number of methoxy groups -OCH3 is 2. The van der Waals surface area contributed by atoms with Crippen LogP contribution < -0.4 is 14.8 Å². The smallest absolute Gasteiger partial charge is 0.251 e. The Balaban J connectivity index is 2.46. The summed E-state index contributed by atoms with van der Waals surface area (Å²) in [6.45, 7) is 0.708. The number of hydrogen-bond acceptors (Lipinski definition) is 3. The number of rotatable bonds is 9. The number of nitrogens with one attached hydrogen (secondary N) is 1. The van der Waals surface area contributed by atoms with Crippen molar-refractivity contribution in [3.05, 3.63) is 23.8 Å². The van der Waals surface area contributed by atoms with Crippen LogP contribution in [-0.4, -0.2) is 31.1 Å². The number of unbranched alkanes of at least 4 members (excludes halogenated alkanes) is 3. The van der Waals surface area contributed by atoms with Crippen LogP contribution in [0.1, 0.15) is 36.0 Å². The zero-order chi connectivity index (χ0) is 14.8. The maximum absolute atomic E-state index is 12.0. The number of benzene rings is 1. The topological polar surface area (TPSA) is 47.6 Å². The number of halogens is 1. The summed E-state index contributed by atoms with van der Waals surface area (Å²) in [5.74, 6) is 1.16. The first-order valence-corrected chi connectivity index (χ1v) is 8.31. The van der Waals surface area contributed by atoms with Gasteiger partial charge in [0.1, 0.15) is 11.5 Å². The molecule has 5 heteroatoms.